The zero-order valence-corrected chi connectivity index (χ0v) is 20.0. The molecule has 4 aromatic heterocycles. The van der Waals surface area contributed by atoms with Gasteiger partial charge in [0.2, 0.25) is 11.9 Å². The van der Waals surface area contributed by atoms with Crippen molar-refractivity contribution in [3.8, 4) is 10.4 Å². The fourth-order valence-corrected chi connectivity index (χ4v) is 4.02. The standard InChI is InChI=1S/C10H6FNO2S.C5H5BO4S.C5H3BrFN/c11-9-5-6(3-4-12-9)7-1-2-8(15-7)10(13)14;7-5(8)3-1-2-4(11-3)6(9)10;6-4-1-2-8-5(7)3-4/h1-5H,(H,13,14);1-2,9-10H,(H,7,8);1-3H. The van der Waals surface area contributed by atoms with Crippen LogP contribution in [0.5, 0.6) is 0 Å². The summed E-state index contributed by atoms with van der Waals surface area (Å²) < 4.78 is 25.8. The molecule has 0 bridgehead atoms. The monoisotopic (exact) mass is 570 g/mol. The predicted octanol–water partition coefficient (Wildman–Crippen LogP) is 3.76. The van der Waals surface area contributed by atoms with Crippen LogP contribution >= 0.6 is 38.6 Å². The molecule has 0 aliphatic heterocycles. The van der Waals surface area contributed by atoms with E-state index in [1.54, 1.807) is 18.2 Å². The summed E-state index contributed by atoms with van der Waals surface area (Å²) in [6.45, 7) is 0. The Morgan fingerprint density at radius 2 is 1.38 bits per heavy atom. The molecule has 0 saturated heterocycles. The van der Waals surface area contributed by atoms with Crippen LogP contribution in [0.1, 0.15) is 19.3 Å². The first-order chi connectivity index (χ1) is 16.1. The maximum Gasteiger partial charge on any atom is 0.499 e. The van der Waals surface area contributed by atoms with Crippen LogP contribution in [0.25, 0.3) is 10.4 Å². The fraction of sp³-hybridized carbons (Fsp3) is 0. The first-order valence-corrected chi connectivity index (χ1v) is 11.4. The second kappa shape index (κ2) is 13.0. The minimum absolute atomic E-state index is 0.105. The second-order valence-corrected chi connectivity index (χ2v) is 9.13. The van der Waals surface area contributed by atoms with E-state index >= 15 is 0 Å². The quantitative estimate of drug-likeness (QED) is 0.215. The van der Waals surface area contributed by atoms with E-state index in [0.717, 1.165) is 22.7 Å². The lowest BCUT2D eigenvalue weighted by Crippen LogP contribution is -2.26. The summed E-state index contributed by atoms with van der Waals surface area (Å²) in [7, 11) is -1.58. The Balaban J connectivity index is 0.000000190. The molecule has 0 atom stereocenters. The molecule has 0 aromatic carbocycles. The van der Waals surface area contributed by atoms with E-state index in [0.29, 0.717) is 14.9 Å². The molecule has 0 amide bonds. The van der Waals surface area contributed by atoms with Crippen molar-refractivity contribution >= 4 is 62.4 Å². The second-order valence-electron chi connectivity index (χ2n) is 6.01. The van der Waals surface area contributed by atoms with E-state index in [-0.39, 0.29) is 14.5 Å². The molecule has 0 fully saturated rings. The van der Waals surface area contributed by atoms with Crippen LogP contribution in [-0.2, 0) is 0 Å². The van der Waals surface area contributed by atoms with Gasteiger partial charge in [-0.15, -0.1) is 22.7 Å². The molecular weight excluding hydrogens is 557 g/mol. The lowest BCUT2D eigenvalue weighted by Gasteiger charge is -1.95. The van der Waals surface area contributed by atoms with Gasteiger partial charge in [-0.25, -0.2) is 19.6 Å². The van der Waals surface area contributed by atoms with E-state index in [4.69, 9.17) is 20.3 Å². The lowest BCUT2D eigenvalue weighted by molar-refractivity contribution is 0.0691. The summed E-state index contributed by atoms with van der Waals surface area (Å²) >= 11 is 5.04. The predicted molar refractivity (Wildman–Crippen MR) is 127 cm³/mol. The fourth-order valence-electron chi connectivity index (χ4n) is 2.15. The molecule has 0 radical (unpaired) electrons. The first-order valence-electron chi connectivity index (χ1n) is 8.98. The molecule has 8 nitrogen and oxygen atoms in total. The Morgan fingerprint density at radius 1 is 0.824 bits per heavy atom. The van der Waals surface area contributed by atoms with Gasteiger partial charge in [0.25, 0.3) is 0 Å². The van der Waals surface area contributed by atoms with E-state index in [2.05, 4.69) is 25.9 Å². The number of carboxylic acids is 2. The van der Waals surface area contributed by atoms with E-state index in [9.17, 15) is 18.4 Å². The number of carboxylic acid groups (broad SMARTS) is 2. The number of aromatic carboxylic acids is 2. The highest BCUT2D eigenvalue weighted by Gasteiger charge is 2.15. The van der Waals surface area contributed by atoms with Gasteiger partial charge in [-0.3, -0.25) is 0 Å². The average molecular weight is 571 g/mol. The number of thiophene rings is 2. The van der Waals surface area contributed by atoms with Crippen molar-refractivity contribution in [2.45, 2.75) is 0 Å². The highest BCUT2D eigenvalue weighted by molar-refractivity contribution is 9.10. The van der Waals surface area contributed by atoms with Crippen LogP contribution in [0.15, 0.2) is 65.4 Å². The Labute approximate surface area is 208 Å². The molecule has 0 spiro atoms. The molecule has 176 valence electrons. The Bertz CT molecular complexity index is 1250. The van der Waals surface area contributed by atoms with Crippen molar-refractivity contribution in [3.63, 3.8) is 0 Å². The van der Waals surface area contributed by atoms with Crippen molar-refractivity contribution in [2.24, 2.45) is 0 Å². The first kappa shape index (κ1) is 27.2. The average Bonchev–Trinajstić information content (AvgIpc) is 3.45. The summed E-state index contributed by atoms with van der Waals surface area (Å²) in [5.74, 6) is -3.06. The van der Waals surface area contributed by atoms with E-state index in [1.165, 1.54) is 42.7 Å². The van der Waals surface area contributed by atoms with E-state index in [1.807, 2.05) is 0 Å². The molecule has 0 unspecified atom stereocenters. The molecular formula is C20H14BBrF2N2O6S2. The molecule has 4 rings (SSSR count). The van der Waals surface area contributed by atoms with Crippen LogP contribution in [-0.4, -0.2) is 49.3 Å². The number of nitrogens with zero attached hydrogens (tertiary/aromatic N) is 2. The van der Waals surface area contributed by atoms with E-state index < -0.39 is 31.0 Å². The molecule has 4 N–H and O–H groups in total. The SMILES string of the molecule is Fc1cc(Br)ccn1.O=C(O)c1ccc(-c2ccnc(F)c2)s1.O=C(O)c1ccc(B(O)O)s1. The highest BCUT2D eigenvalue weighted by Crippen LogP contribution is 2.27. The topological polar surface area (TPSA) is 141 Å². The normalized spacial score (nSPS) is 9.79. The summed E-state index contributed by atoms with van der Waals surface area (Å²) in [4.78, 5) is 28.8. The van der Waals surface area contributed by atoms with Crippen molar-refractivity contribution < 1.29 is 38.6 Å². The van der Waals surface area contributed by atoms with Gasteiger partial charge in [0, 0.05) is 38.7 Å². The summed E-state index contributed by atoms with van der Waals surface area (Å²) in [5, 5.41) is 34.3. The number of aromatic nitrogens is 2. The van der Waals surface area contributed by atoms with Gasteiger partial charge in [-0.1, -0.05) is 22.0 Å². The smallest absolute Gasteiger partial charge is 0.477 e. The minimum atomic E-state index is -1.58. The number of rotatable bonds is 4. The molecule has 14 heteroatoms. The van der Waals surface area contributed by atoms with Gasteiger partial charge in [0.1, 0.15) is 9.75 Å². The Morgan fingerprint density at radius 3 is 1.79 bits per heavy atom. The number of hydrogen-bond acceptors (Lipinski definition) is 8. The van der Waals surface area contributed by atoms with Crippen LogP contribution in [0.3, 0.4) is 0 Å². The maximum absolute atomic E-state index is 12.8. The molecule has 0 saturated carbocycles. The number of hydrogen-bond donors (Lipinski definition) is 4. The molecule has 0 aliphatic rings. The van der Waals surface area contributed by atoms with Crippen LogP contribution in [0.2, 0.25) is 0 Å². The highest BCUT2D eigenvalue weighted by atomic mass is 79.9. The lowest BCUT2D eigenvalue weighted by atomic mass is 9.90. The number of halogens is 3. The number of carbonyl (C=O) groups is 2. The van der Waals surface area contributed by atoms with Gasteiger partial charge in [0.05, 0.1) is 0 Å². The van der Waals surface area contributed by atoms with Crippen LogP contribution in [0.4, 0.5) is 8.78 Å². The van der Waals surface area contributed by atoms with Crippen molar-refractivity contribution in [1.82, 2.24) is 9.97 Å². The van der Waals surface area contributed by atoms with Crippen molar-refractivity contribution in [1.29, 1.82) is 0 Å². The largest absolute Gasteiger partial charge is 0.499 e. The van der Waals surface area contributed by atoms with Gasteiger partial charge < -0.3 is 20.3 Å². The summed E-state index contributed by atoms with van der Waals surface area (Å²) in [5.41, 5.74) is 0.639. The third kappa shape index (κ3) is 8.72. The van der Waals surface area contributed by atoms with Gasteiger partial charge >= 0.3 is 19.1 Å². The molecule has 4 aromatic rings. The van der Waals surface area contributed by atoms with Crippen LogP contribution in [0, 0.1) is 11.9 Å². The number of pyridine rings is 2. The van der Waals surface area contributed by atoms with Gasteiger partial charge in [-0.2, -0.15) is 8.78 Å². The third-order valence-electron chi connectivity index (χ3n) is 3.61. The van der Waals surface area contributed by atoms with Crippen molar-refractivity contribution in [2.75, 3.05) is 0 Å². The van der Waals surface area contributed by atoms with Crippen LogP contribution < -0.4 is 4.78 Å². The van der Waals surface area contributed by atoms with Gasteiger partial charge in [0.15, 0.2) is 0 Å². The van der Waals surface area contributed by atoms with Gasteiger partial charge in [-0.05, 0) is 35.9 Å². The summed E-state index contributed by atoms with van der Waals surface area (Å²) in [6.07, 6.45) is 2.75. The van der Waals surface area contributed by atoms with Crippen molar-refractivity contribution in [3.05, 3.63) is 87.0 Å². The summed E-state index contributed by atoms with van der Waals surface area (Å²) in [6, 6.07) is 11.8. The third-order valence-corrected chi connectivity index (χ3v) is 6.34. The Kier molecular flexibility index (Phi) is 10.4. The molecule has 34 heavy (non-hydrogen) atoms. The Hall–Kier alpha value is -3.04. The zero-order valence-electron chi connectivity index (χ0n) is 16.8. The maximum atomic E-state index is 12.8. The zero-order chi connectivity index (χ0) is 25.3. The minimum Gasteiger partial charge on any atom is -0.477 e. The molecule has 0 aliphatic carbocycles. The molecule has 4 heterocycles.